The summed E-state index contributed by atoms with van der Waals surface area (Å²) >= 11 is 0. The summed E-state index contributed by atoms with van der Waals surface area (Å²) in [5.74, 6) is 0.752. The Balaban J connectivity index is 1.39. The molecule has 1 unspecified atom stereocenters. The number of aryl methyl sites for hydroxylation is 1. The molecule has 138 valence electrons. The number of piperidine rings is 1. The van der Waals surface area contributed by atoms with Crippen molar-refractivity contribution in [2.75, 3.05) is 0 Å². The summed E-state index contributed by atoms with van der Waals surface area (Å²) < 4.78 is 19.8. The summed E-state index contributed by atoms with van der Waals surface area (Å²) in [4.78, 5) is 12.4. The molecule has 4 rings (SSSR count). The first kappa shape index (κ1) is 17.2. The van der Waals surface area contributed by atoms with Crippen LogP contribution < -0.4 is 16.4 Å². The maximum absolute atomic E-state index is 14.5. The van der Waals surface area contributed by atoms with Crippen molar-refractivity contribution in [3.63, 3.8) is 0 Å². The minimum Gasteiger partial charge on any atom is -0.469 e. The monoisotopic (exact) mass is 357 g/mol. The standard InChI is InChI=1S/C20H24FN3O2/c1-11-16(6-7-26-11)12-2-3-13(17(21)9-12)10-18(22)24-20(25)19-14-4-5-15(8-14)23-19/h2-3,6-7,9,14-15,18-19,23H,4-5,8,10,22H2,1H3,(H,24,25)/t14-,15+,18?,19-/m0/s1. The van der Waals surface area contributed by atoms with E-state index in [1.54, 1.807) is 12.3 Å². The number of benzene rings is 1. The Labute approximate surface area is 152 Å². The number of carbonyl (C=O) groups excluding carboxylic acids is 1. The van der Waals surface area contributed by atoms with Crippen LogP contribution in [0.2, 0.25) is 0 Å². The van der Waals surface area contributed by atoms with Gasteiger partial charge in [0.2, 0.25) is 5.91 Å². The molecule has 0 radical (unpaired) electrons. The summed E-state index contributed by atoms with van der Waals surface area (Å²) in [5.41, 5.74) is 8.18. The molecule has 0 spiro atoms. The highest BCUT2D eigenvalue weighted by atomic mass is 19.1. The highest BCUT2D eigenvalue weighted by molar-refractivity contribution is 5.83. The number of nitrogens with one attached hydrogen (secondary N) is 2. The molecule has 6 heteroatoms. The molecule has 1 aromatic carbocycles. The third-order valence-electron chi connectivity index (χ3n) is 5.63. The zero-order chi connectivity index (χ0) is 18.3. The van der Waals surface area contributed by atoms with Crippen LogP contribution in [0.1, 0.15) is 30.6 Å². The van der Waals surface area contributed by atoms with Gasteiger partial charge in [-0.05, 0) is 55.4 Å². The van der Waals surface area contributed by atoms with Gasteiger partial charge in [-0.3, -0.25) is 4.79 Å². The Kier molecular flexibility index (Phi) is 4.54. The zero-order valence-corrected chi connectivity index (χ0v) is 14.8. The van der Waals surface area contributed by atoms with Gasteiger partial charge in [-0.15, -0.1) is 0 Å². The first-order valence-electron chi connectivity index (χ1n) is 9.16. The normalized spacial score (nSPS) is 25.4. The second-order valence-corrected chi connectivity index (χ2v) is 7.43. The molecule has 1 aromatic heterocycles. The number of halogens is 1. The van der Waals surface area contributed by atoms with Crippen molar-refractivity contribution in [1.82, 2.24) is 10.6 Å². The molecule has 1 aliphatic carbocycles. The fourth-order valence-electron chi connectivity index (χ4n) is 4.28. The molecule has 1 saturated carbocycles. The number of hydrogen-bond acceptors (Lipinski definition) is 4. The summed E-state index contributed by atoms with van der Waals surface area (Å²) in [5, 5.41) is 6.18. The molecule has 4 atom stereocenters. The lowest BCUT2D eigenvalue weighted by Crippen LogP contribution is -2.53. The van der Waals surface area contributed by atoms with Crippen molar-refractivity contribution in [3.05, 3.63) is 47.7 Å². The topological polar surface area (TPSA) is 80.3 Å². The van der Waals surface area contributed by atoms with E-state index in [0.29, 0.717) is 17.5 Å². The second kappa shape index (κ2) is 6.85. The molecular weight excluding hydrogens is 333 g/mol. The van der Waals surface area contributed by atoms with E-state index in [-0.39, 0.29) is 24.2 Å². The highest BCUT2D eigenvalue weighted by Gasteiger charge is 2.42. The third-order valence-corrected chi connectivity index (χ3v) is 5.63. The molecule has 2 fully saturated rings. The quantitative estimate of drug-likeness (QED) is 0.718. The van der Waals surface area contributed by atoms with Crippen molar-refractivity contribution in [3.8, 4) is 11.1 Å². The first-order chi connectivity index (χ1) is 12.5. The lowest BCUT2D eigenvalue weighted by Gasteiger charge is -2.24. The Morgan fingerprint density at radius 3 is 2.88 bits per heavy atom. The molecule has 5 nitrogen and oxygen atoms in total. The van der Waals surface area contributed by atoms with Gasteiger partial charge in [0.25, 0.3) is 0 Å². The van der Waals surface area contributed by atoms with Gasteiger partial charge >= 0.3 is 0 Å². The lowest BCUT2D eigenvalue weighted by molar-refractivity contribution is -0.124. The molecular formula is C20H24FN3O2. The molecule has 1 saturated heterocycles. The molecule has 2 aliphatic rings. The number of rotatable bonds is 5. The summed E-state index contributed by atoms with van der Waals surface area (Å²) in [7, 11) is 0. The fourth-order valence-corrected chi connectivity index (χ4v) is 4.28. The Morgan fingerprint density at radius 1 is 1.42 bits per heavy atom. The number of amides is 1. The Morgan fingerprint density at radius 2 is 2.27 bits per heavy atom. The molecule has 2 bridgehead atoms. The van der Waals surface area contributed by atoms with Crippen LogP contribution in [0.5, 0.6) is 0 Å². The van der Waals surface area contributed by atoms with E-state index in [2.05, 4.69) is 10.6 Å². The fraction of sp³-hybridized carbons (Fsp3) is 0.450. The van der Waals surface area contributed by atoms with E-state index in [1.807, 2.05) is 19.1 Å². The van der Waals surface area contributed by atoms with Crippen molar-refractivity contribution in [2.24, 2.45) is 11.7 Å². The maximum Gasteiger partial charge on any atom is 0.238 e. The minimum absolute atomic E-state index is 0.0734. The Bertz CT molecular complexity index is 819. The molecule has 1 aliphatic heterocycles. The van der Waals surface area contributed by atoms with Crippen LogP contribution >= 0.6 is 0 Å². The SMILES string of the molecule is Cc1occc1-c1ccc(CC(N)NC(=O)[C@H]2N[C@@H]3CC[C@H]2C3)c(F)c1. The number of furan rings is 1. The van der Waals surface area contributed by atoms with Gasteiger partial charge in [0.05, 0.1) is 18.5 Å². The van der Waals surface area contributed by atoms with Crippen LogP contribution in [0.25, 0.3) is 11.1 Å². The largest absolute Gasteiger partial charge is 0.469 e. The molecule has 4 N–H and O–H groups in total. The number of hydrogen-bond donors (Lipinski definition) is 3. The van der Waals surface area contributed by atoms with Gasteiger partial charge in [0.15, 0.2) is 0 Å². The van der Waals surface area contributed by atoms with Crippen LogP contribution in [-0.2, 0) is 11.2 Å². The van der Waals surface area contributed by atoms with Gasteiger partial charge in [0.1, 0.15) is 11.6 Å². The van der Waals surface area contributed by atoms with Crippen LogP contribution in [0.15, 0.2) is 34.9 Å². The van der Waals surface area contributed by atoms with E-state index < -0.39 is 6.17 Å². The zero-order valence-electron chi connectivity index (χ0n) is 14.8. The maximum atomic E-state index is 14.5. The molecule has 2 aromatic rings. The Hall–Kier alpha value is -2.18. The molecule has 26 heavy (non-hydrogen) atoms. The average Bonchev–Trinajstić information content (AvgIpc) is 3.33. The average molecular weight is 357 g/mol. The van der Waals surface area contributed by atoms with Gasteiger partial charge in [-0.1, -0.05) is 12.1 Å². The molecule has 1 amide bonds. The smallest absolute Gasteiger partial charge is 0.238 e. The number of carbonyl (C=O) groups is 1. The van der Waals surface area contributed by atoms with Gasteiger partial charge < -0.3 is 20.8 Å². The minimum atomic E-state index is -0.612. The van der Waals surface area contributed by atoms with Crippen LogP contribution in [0.3, 0.4) is 0 Å². The van der Waals surface area contributed by atoms with E-state index in [0.717, 1.165) is 36.1 Å². The van der Waals surface area contributed by atoms with Crippen molar-refractivity contribution in [1.29, 1.82) is 0 Å². The third kappa shape index (κ3) is 3.27. The predicted octanol–water partition coefficient (Wildman–Crippen LogP) is 2.48. The molecule has 2 heterocycles. The number of nitrogens with two attached hydrogens (primary N) is 1. The van der Waals surface area contributed by atoms with Crippen LogP contribution in [0, 0.1) is 18.7 Å². The summed E-state index contributed by atoms with van der Waals surface area (Å²) in [6, 6.07) is 7.18. The van der Waals surface area contributed by atoms with Gasteiger partial charge in [0, 0.05) is 18.0 Å². The van der Waals surface area contributed by atoms with Crippen molar-refractivity contribution >= 4 is 5.91 Å². The second-order valence-electron chi connectivity index (χ2n) is 7.43. The summed E-state index contributed by atoms with van der Waals surface area (Å²) in [6.07, 6.45) is 4.54. The van der Waals surface area contributed by atoms with Crippen LogP contribution in [0.4, 0.5) is 4.39 Å². The highest BCUT2D eigenvalue weighted by Crippen LogP contribution is 2.35. The van der Waals surface area contributed by atoms with Crippen molar-refractivity contribution < 1.29 is 13.6 Å². The van der Waals surface area contributed by atoms with Crippen molar-refractivity contribution in [2.45, 2.75) is 50.9 Å². The predicted molar refractivity (Wildman–Crippen MR) is 96.7 cm³/mol. The first-order valence-corrected chi connectivity index (χ1v) is 9.16. The van der Waals surface area contributed by atoms with E-state index in [9.17, 15) is 9.18 Å². The van der Waals surface area contributed by atoms with Gasteiger partial charge in [-0.2, -0.15) is 0 Å². The van der Waals surface area contributed by atoms with Crippen LogP contribution in [-0.4, -0.2) is 24.2 Å². The van der Waals surface area contributed by atoms with E-state index in [4.69, 9.17) is 10.2 Å². The lowest BCUT2D eigenvalue weighted by atomic mass is 9.99. The number of fused-ring (bicyclic) bond motifs is 2. The van der Waals surface area contributed by atoms with E-state index in [1.165, 1.54) is 6.07 Å². The van der Waals surface area contributed by atoms with Gasteiger partial charge in [-0.25, -0.2) is 4.39 Å². The summed E-state index contributed by atoms with van der Waals surface area (Å²) in [6.45, 7) is 1.84. The van der Waals surface area contributed by atoms with E-state index >= 15 is 0 Å².